The maximum absolute atomic E-state index is 11.4. The van der Waals surface area contributed by atoms with Crippen molar-refractivity contribution in [1.29, 1.82) is 0 Å². The van der Waals surface area contributed by atoms with E-state index in [1.165, 1.54) is 19.2 Å². The number of nitrogens with zero attached hydrogens (tertiary/aromatic N) is 1. The van der Waals surface area contributed by atoms with Gasteiger partial charge in [0.15, 0.2) is 11.3 Å². The van der Waals surface area contributed by atoms with Crippen LogP contribution in [0.25, 0.3) is 22.6 Å². The molecule has 0 saturated carbocycles. The maximum Gasteiger partial charge on any atom is 0.356 e. The summed E-state index contributed by atoms with van der Waals surface area (Å²) in [7, 11) is 1.26. The third kappa shape index (κ3) is 1.83. The van der Waals surface area contributed by atoms with Gasteiger partial charge in [-0.25, -0.2) is 14.6 Å². The molecule has 0 atom stereocenters. The lowest BCUT2D eigenvalue weighted by atomic mass is 10.3. The number of hydrogen-bond acceptors (Lipinski definition) is 6. The van der Waals surface area contributed by atoms with Crippen LogP contribution in [0.1, 0.15) is 10.5 Å². The molecule has 0 aliphatic heterocycles. The molecule has 3 heterocycles. The summed E-state index contributed by atoms with van der Waals surface area (Å²) in [5, 5.41) is 9.55. The van der Waals surface area contributed by atoms with Crippen molar-refractivity contribution in [3.05, 3.63) is 34.4 Å². The van der Waals surface area contributed by atoms with E-state index in [4.69, 9.17) is 4.42 Å². The van der Waals surface area contributed by atoms with E-state index in [1.807, 2.05) is 0 Å². The largest absolute Gasteiger partial charge is 0.493 e. The molecule has 0 aliphatic rings. The van der Waals surface area contributed by atoms with Crippen LogP contribution in [0, 0.1) is 0 Å². The summed E-state index contributed by atoms with van der Waals surface area (Å²) >= 11 is 0. The number of pyridine rings is 1. The van der Waals surface area contributed by atoms with E-state index in [2.05, 4.69) is 19.7 Å². The van der Waals surface area contributed by atoms with E-state index < -0.39 is 11.7 Å². The number of carbonyl (C=O) groups is 1. The van der Waals surface area contributed by atoms with Gasteiger partial charge in [0.1, 0.15) is 16.9 Å². The topological polar surface area (TPSA) is 121 Å². The number of carbonyl (C=O) groups excluding carboxylic acids is 1. The first-order valence-corrected chi connectivity index (χ1v) is 5.59. The van der Waals surface area contributed by atoms with Gasteiger partial charge in [-0.1, -0.05) is 0 Å². The Bertz CT molecular complexity index is 857. The number of nitrogens with one attached hydrogen (secondary N) is 2. The second-order valence-corrected chi connectivity index (χ2v) is 3.98. The first kappa shape index (κ1) is 12.0. The Balaban J connectivity index is 2.13. The van der Waals surface area contributed by atoms with E-state index in [1.54, 1.807) is 6.07 Å². The number of rotatable bonds is 2. The number of aromatic amines is 2. The highest BCUT2D eigenvalue weighted by Crippen LogP contribution is 2.29. The van der Waals surface area contributed by atoms with Crippen LogP contribution in [-0.2, 0) is 4.74 Å². The van der Waals surface area contributed by atoms with Crippen LogP contribution in [0.2, 0.25) is 0 Å². The lowest BCUT2D eigenvalue weighted by Gasteiger charge is -1.96. The third-order valence-electron chi connectivity index (χ3n) is 2.72. The van der Waals surface area contributed by atoms with Crippen LogP contribution in [0.15, 0.2) is 27.4 Å². The highest BCUT2D eigenvalue weighted by molar-refractivity contribution is 5.90. The Hall–Kier alpha value is -3.03. The number of H-pyrrole nitrogens is 2. The summed E-state index contributed by atoms with van der Waals surface area (Å²) in [5.41, 5.74) is 0.520. The Labute approximate surface area is 111 Å². The van der Waals surface area contributed by atoms with Crippen molar-refractivity contribution in [3.8, 4) is 17.3 Å². The lowest BCUT2D eigenvalue weighted by Crippen LogP contribution is -2.03. The highest BCUT2D eigenvalue weighted by Gasteiger charge is 2.16. The van der Waals surface area contributed by atoms with E-state index in [9.17, 15) is 14.7 Å². The fraction of sp³-hybridized carbons (Fsp3) is 0.0833. The van der Waals surface area contributed by atoms with Crippen molar-refractivity contribution in [2.24, 2.45) is 0 Å². The first-order valence-electron chi connectivity index (χ1n) is 5.59. The summed E-state index contributed by atoms with van der Waals surface area (Å²) in [5.74, 6) is -0.667. The maximum atomic E-state index is 11.4. The molecule has 0 unspecified atom stereocenters. The molecule has 0 radical (unpaired) electrons. The van der Waals surface area contributed by atoms with E-state index >= 15 is 0 Å². The number of furan rings is 1. The molecule has 0 aromatic carbocycles. The van der Waals surface area contributed by atoms with Gasteiger partial charge in [-0.2, -0.15) is 0 Å². The summed E-state index contributed by atoms with van der Waals surface area (Å²) < 4.78 is 10.0. The quantitative estimate of drug-likeness (QED) is 0.600. The van der Waals surface area contributed by atoms with Crippen LogP contribution in [0.5, 0.6) is 5.88 Å². The van der Waals surface area contributed by atoms with Crippen molar-refractivity contribution in [3.63, 3.8) is 0 Å². The summed E-state index contributed by atoms with van der Waals surface area (Å²) in [6, 6.07) is 4.52. The molecule has 0 amide bonds. The van der Waals surface area contributed by atoms with E-state index in [0.29, 0.717) is 11.1 Å². The molecule has 20 heavy (non-hydrogen) atoms. The fourth-order valence-electron chi connectivity index (χ4n) is 1.82. The SMILES string of the molecule is COC(=O)c1ccc2oc(-c3[nH]c(=O)[nH]c3O)cc2n1. The molecule has 3 rings (SSSR count). The van der Waals surface area contributed by atoms with Crippen LogP contribution in [0.4, 0.5) is 0 Å². The van der Waals surface area contributed by atoms with Crippen LogP contribution < -0.4 is 5.69 Å². The van der Waals surface area contributed by atoms with Gasteiger partial charge in [0.05, 0.1) is 7.11 Å². The van der Waals surface area contributed by atoms with Gasteiger partial charge in [-0.05, 0) is 12.1 Å². The van der Waals surface area contributed by atoms with Gasteiger partial charge in [0.2, 0.25) is 5.88 Å². The van der Waals surface area contributed by atoms with Crippen molar-refractivity contribution in [1.82, 2.24) is 15.0 Å². The molecule has 8 nitrogen and oxygen atoms in total. The number of imidazole rings is 1. The predicted octanol–water partition coefficient (Wildman–Crippen LogP) is 1.00. The molecule has 3 aromatic heterocycles. The van der Waals surface area contributed by atoms with Crippen molar-refractivity contribution in [2.45, 2.75) is 0 Å². The second-order valence-electron chi connectivity index (χ2n) is 3.98. The minimum Gasteiger partial charge on any atom is -0.493 e. The van der Waals surface area contributed by atoms with Gasteiger partial charge in [-0.3, -0.25) is 9.97 Å². The first-order chi connectivity index (χ1) is 9.58. The second kappa shape index (κ2) is 4.26. The van der Waals surface area contributed by atoms with Crippen LogP contribution in [0.3, 0.4) is 0 Å². The number of aromatic nitrogens is 3. The zero-order valence-electron chi connectivity index (χ0n) is 10.3. The average Bonchev–Trinajstić information content (AvgIpc) is 2.99. The number of esters is 1. The van der Waals surface area contributed by atoms with Gasteiger partial charge in [-0.15, -0.1) is 0 Å². The minimum absolute atomic E-state index is 0.118. The van der Waals surface area contributed by atoms with Gasteiger partial charge in [0.25, 0.3) is 0 Å². The summed E-state index contributed by atoms with van der Waals surface area (Å²) in [6.45, 7) is 0. The Morgan fingerprint density at radius 3 is 2.85 bits per heavy atom. The smallest absolute Gasteiger partial charge is 0.356 e. The zero-order valence-corrected chi connectivity index (χ0v) is 10.3. The average molecular weight is 275 g/mol. The Kier molecular flexibility index (Phi) is 2.56. The van der Waals surface area contributed by atoms with Crippen LogP contribution >= 0.6 is 0 Å². The van der Waals surface area contributed by atoms with Crippen molar-refractivity contribution < 1.29 is 19.1 Å². The molecule has 0 aliphatic carbocycles. The third-order valence-corrected chi connectivity index (χ3v) is 2.72. The highest BCUT2D eigenvalue weighted by atomic mass is 16.5. The monoisotopic (exact) mass is 275 g/mol. The lowest BCUT2D eigenvalue weighted by molar-refractivity contribution is 0.0594. The number of methoxy groups -OCH3 is 1. The molecule has 0 bridgehead atoms. The molecule has 8 heteroatoms. The normalized spacial score (nSPS) is 10.8. The molecular weight excluding hydrogens is 266 g/mol. The van der Waals surface area contributed by atoms with Gasteiger partial charge >= 0.3 is 11.7 Å². The Morgan fingerprint density at radius 2 is 2.20 bits per heavy atom. The van der Waals surface area contributed by atoms with E-state index in [-0.39, 0.29) is 23.0 Å². The summed E-state index contributed by atoms with van der Waals surface area (Å²) in [6.07, 6.45) is 0. The van der Waals surface area contributed by atoms with Gasteiger partial charge < -0.3 is 14.3 Å². The number of fused-ring (bicyclic) bond motifs is 1. The van der Waals surface area contributed by atoms with Crippen molar-refractivity contribution >= 4 is 17.1 Å². The summed E-state index contributed by atoms with van der Waals surface area (Å²) in [4.78, 5) is 31.1. The van der Waals surface area contributed by atoms with E-state index in [0.717, 1.165) is 0 Å². The Morgan fingerprint density at radius 1 is 1.40 bits per heavy atom. The van der Waals surface area contributed by atoms with Crippen molar-refractivity contribution in [2.75, 3.05) is 7.11 Å². The minimum atomic E-state index is -0.562. The number of hydrogen-bond donors (Lipinski definition) is 3. The molecule has 3 aromatic rings. The molecule has 3 N–H and O–H groups in total. The zero-order chi connectivity index (χ0) is 14.3. The van der Waals surface area contributed by atoms with Gasteiger partial charge in [0, 0.05) is 6.07 Å². The number of aromatic hydroxyl groups is 1. The molecule has 0 spiro atoms. The fourth-order valence-corrected chi connectivity index (χ4v) is 1.82. The molecule has 0 saturated heterocycles. The standard InChI is InChI=1S/C12H9N3O5/c1-19-11(17)5-2-3-7-6(13-5)4-8(20-7)9-10(16)15-12(18)14-9/h2-4,16H,1H3,(H2,14,15,18). The number of ether oxygens (including phenoxy) is 1. The molecule has 0 fully saturated rings. The van der Waals surface area contributed by atoms with Crippen LogP contribution in [-0.4, -0.2) is 33.1 Å². The molecule has 102 valence electrons. The molecular formula is C12H9N3O5. The predicted molar refractivity (Wildman–Crippen MR) is 67.4 cm³/mol.